The average Bonchev–Trinajstić information content (AvgIpc) is 2.95. The van der Waals surface area contributed by atoms with Gasteiger partial charge in [-0.1, -0.05) is 18.2 Å². The molecule has 11 nitrogen and oxygen atoms in total. The van der Waals surface area contributed by atoms with Gasteiger partial charge in [-0.05, 0) is 60.7 Å². The van der Waals surface area contributed by atoms with E-state index in [0.717, 1.165) is 13.1 Å². The smallest absolute Gasteiger partial charge is 0.255 e. The molecular formula is C31H31N3O8. The van der Waals surface area contributed by atoms with Gasteiger partial charge in [0.05, 0.1) is 5.56 Å². The fourth-order valence-electron chi connectivity index (χ4n) is 6.90. The molecule has 4 aliphatic rings. The maximum absolute atomic E-state index is 13.9. The Kier molecular flexibility index (Phi) is 6.47. The Bertz CT molecular complexity index is 1630. The van der Waals surface area contributed by atoms with Crippen LogP contribution in [0.3, 0.4) is 0 Å². The Balaban J connectivity index is 1.41. The van der Waals surface area contributed by atoms with Gasteiger partial charge in [0.15, 0.2) is 11.4 Å². The van der Waals surface area contributed by atoms with E-state index in [-0.39, 0.29) is 42.1 Å². The summed E-state index contributed by atoms with van der Waals surface area (Å²) in [5.74, 6) is -6.81. The molecule has 0 saturated carbocycles. The lowest BCUT2D eigenvalue weighted by atomic mass is 9.60. The van der Waals surface area contributed by atoms with Crippen molar-refractivity contribution in [1.82, 2.24) is 9.80 Å². The number of aromatic hydroxyl groups is 1. The molecule has 0 bridgehead atoms. The van der Waals surface area contributed by atoms with Crippen molar-refractivity contribution < 1.29 is 39.6 Å². The highest BCUT2D eigenvalue weighted by molar-refractivity contribution is 6.24. The van der Waals surface area contributed by atoms with E-state index < -0.39 is 52.0 Å². The Morgan fingerprint density at radius 1 is 1.00 bits per heavy atom. The van der Waals surface area contributed by atoms with Crippen LogP contribution >= 0.6 is 0 Å². The Labute approximate surface area is 241 Å². The summed E-state index contributed by atoms with van der Waals surface area (Å²) in [5, 5.41) is 43.8. The van der Waals surface area contributed by atoms with E-state index in [1.165, 1.54) is 6.07 Å². The Morgan fingerprint density at radius 3 is 2.40 bits per heavy atom. The summed E-state index contributed by atoms with van der Waals surface area (Å²) in [6.07, 6.45) is -0.0759. The molecule has 218 valence electrons. The first-order valence-corrected chi connectivity index (χ1v) is 13.8. The summed E-state index contributed by atoms with van der Waals surface area (Å²) < 4.78 is 0. The number of ketones is 2. The zero-order valence-electron chi connectivity index (χ0n) is 23.0. The van der Waals surface area contributed by atoms with Crippen molar-refractivity contribution in [3.8, 4) is 16.9 Å². The summed E-state index contributed by atoms with van der Waals surface area (Å²) in [7, 11) is 2.01. The standard InChI is InChI=1S/C31H31N3O8/c1-33-7-9-34(10-8-33)30(41)16-4-2-3-15(11-16)19-5-6-21(35)24-20(19)13-17-12-18-14-22(36)25(29(32)40)28(39)31(18,42)27(38)23(17)26(24)37/h2-6,11,17-18,35-36,38,42H,7-10,12-14H2,1H3,(H2,32,40)/t17-,18+,31+/m1/s1. The number of nitrogens with zero attached hydrogens (tertiary/aromatic N) is 2. The molecule has 6 rings (SSSR count). The van der Waals surface area contributed by atoms with Crippen molar-refractivity contribution in [3.05, 3.63) is 75.8 Å². The minimum absolute atomic E-state index is 0.0416. The molecule has 0 spiro atoms. The van der Waals surface area contributed by atoms with Crippen LogP contribution in [0.2, 0.25) is 0 Å². The highest BCUT2D eigenvalue weighted by atomic mass is 16.3. The van der Waals surface area contributed by atoms with Crippen molar-refractivity contribution in [1.29, 1.82) is 0 Å². The monoisotopic (exact) mass is 573 g/mol. The number of Topliss-reactive ketones (excluding diaryl/α,β-unsaturated/α-hetero) is 2. The van der Waals surface area contributed by atoms with Gasteiger partial charge in [-0.3, -0.25) is 19.2 Å². The topological polar surface area (TPSA) is 182 Å². The van der Waals surface area contributed by atoms with Crippen LogP contribution in [0, 0.1) is 11.8 Å². The first kappa shape index (κ1) is 27.7. The number of aliphatic hydroxyl groups excluding tert-OH is 2. The van der Waals surface area contributed by atoms with E-state index >= 15 is 0 Å². The van der Waals surface area contributed by atoms with Gasteiger partial charge in [0.2, 0.25) is 5.78 Å². The molecule has 11 heteroatoms. The number of rotatable bonds is 3. The molecule has 42 heavy (non-hydrogen) atoms. The SMILES string of the molecule is CN1CCN(C(=O)c2cccc(-c3ccc(O)c4c3C[C@H]3C[C@H]5CC(O)=C(C(N)=O)C(=O)[C@@]5(O)C(O)=C3C4=O)c2)CC1. The first-order chi connectivity index (χ1) is 19.9. The molecular weight excluding hydrogens is 542 g/mol. The lowest BCUT2D eigenvalue weighted by molar-refractivity contribution is -0.144. The largest absolute Gasteiger partial charge is 0.511 e. The van der Waals surface area contributed by atoms with E-state index in [4.69, 9.17) is 5.73 Å². The molecule has 0 aromatic heterocycles. The number of hydrogen-bond donors (Lipinski definition) is 5. The van der Waals surface area contributed by atoms with E-state index in [2.05, 4.69) is 4.90 Å². The lowest BCUT2D eigenvalue weighted by Gasteiger charge is -2.45. The van der Waals surface area contributed by atoms with E-state index in [1.54, 1.807) is 29.2 Å². The van der Waals surface area contributed by atoms with Gasteiger partial charge in [-0.25, -0.2) is 0 Å². The minimum atomic E-state index is -2.61. The van der Waals surface area contributed by atoms with Gasteiger partial charge >= 0.3 is 0 Å². The van der Waals surface area contributed by atoms with Crippen LogP contribution in [0.25, 0.3) is 11.1 Å². The zero-order chi connectivity index (χ0) is 30.1. The van der Waals surface area contributed by atoms with Crippen LogP contribution in [-0.4, -0.2) is 92.4 Å². The molecule has 2 aromatic rings. The van der Waals surface area contributed by atoms with Crippen molar-refractivity contribution in [3.63, 3.8) is 0 Å². The summed E-state index contributed by atoms with van der Waals surface area (Å²) in [5.41, 5.74) is 3.85. The third-order valence-corrected chi connectivity index (χ3v) is 9.16. The van der Waals surface area contributed by atoms with Crippen molar-refractivity contribution in [2.24, 2.45) is 17.6 Å². The van der Waals surface area contributed by atoms with Gasteiger partial charge in [-0.2, -0.15) is 0 Å². The van der Waals surface area contributed by atoms with Crippen molar-refractivity contribution in [2.75, 3.05) is 33.2 Å². The summed E-state index contributed by atoms with van der Waals surface area (Å²) >= 11 is 0. The van der Waals surface area contributed by atoms with E-state index in [1.807, 2.05) is 13.1 Å². The van der Waals surface area contributed by atoms with E-state index in [0.29, 0.717) is 35.3 Å². The molecule has 3 atom stereocenters. The molecule has 0 unspecified atom stereocenters. The summed E-state index contributed by atoms with van der Waals surface area (Å²) in [6.45, 7) is 2.79. The lowest BCUT2D eigenvalue weighted by Crippen LogP contribution is -2.57. The van der Waals surface area contributed by atoms with Gasteiger partial charge in [-0.15, -0.1) is 0 Å². The fraction of sp³-hybridized carbons (Fsp3) is 0.355. The molecule has 1 saturated heterocycles. The quantitative estimate of drug-likeness (QED) is 0.341. The minimum Gasteiger partial charge on any atom is -0.511 e. The average molecular weight is 574 g/mol. The predicted octanol–water partition coefficient (Wildman–Crippen LogP) is 1.64. The van der Waals surface area contributed by atoms with Crippen LogP contribution in [0.5, 0.6) is 5.75 Å². The zero-order valence-corrected chi connectivity index (χ0v) is 23.0. The van der Waals surface area contributed by atoms with Gasteiger partial charge in [0.25, 0.3) is 11.8 Å². The molecule has 0 radical (unpaired) electrons. The number of aliphatic hydroxyl groups is 3. The summed E-state index contributed by atoms with van der Waals surface area (Å²) in [6, 6.07) is 10.1. The molecule has 3 aliphatic carbocycles. The molecule has 2 amide bonds. The second-order valence-corrected chi connectivity index (χ2v) is 11.6. The van der Waals surface area contributed by atoms with Crippen LogP contribution < -0.4 is 5.73 Å². The Hall–Kier alpha value is -4.48. The number of benzene rings is 2. The van der Waals surface area contributed by atoms with Crippen LogP contribution in [-0.2, 0) is 16.0 Å². The maximum atomic E-state index is 13.9. The second-order valence-electron chi connectivity index (χ2n) is 11.6. The van der Waals surface area contributed by atoms with Gasteiger partial charge < -0.3 is 36.0 Å². The number of amides is 2. The molecule has 1 aliphatic heterocycles. The molecule has 2 aromatic carbocycles. The third kappa shape index (κ3) is 4.03. The molecule has 1 fully saturated rings. The van der Waals surface area contributed by atoms with Crippen LogP contribution in [0.15, 0.2) is 59.1 Å². The number of phenolic OH excluding ortho intramolecular Hbond substituents is 1. The van der Waals surface area contributed by atoms with Gasteiger partial charge in [0.1, 0.15) is 22.8 Å². The number of nitrogens with two attached hydrogens (primary N) is 1. The number of carbonyl (C=O) groups is 4. The number of hydrogen-bond acceptors (Lipinski definition) is 9. The number of allylic oxidation sites excluding steroid dienone is 2. The highest BCUT2D eigenvalue weighted by Gasteiger charge is 2.59. The highest BCUT2D eigenvalue weighted by Crippen LogP contribution is 2.52. The van der Waals surface area contributed by atoms with Crippen molar-refractivity contribution in [2.45, 2.75) is 24.9 Å². The van der Waals surface area contributed by atoms with Crippen LogP contribution in [0.1, 0.15) is 39.1 Å². The number of carbonyl (C=O) groups excluding carboxylic acids is 4. The number of primary amides is 1. The number of piperazine rings is 1. The van der Waals surface area contributed by atoms with Gasteiger partial charge in [0, 0.05) is 49.7 Å². The first-order valence-electron chi connectivity index (χ1n) is 13.8. The fourth-order valence-corrected chi connectivity index (χ4v) is 6.90. The predicted molar refractivity (Wildman–Crippen MR) is 150 cm³/mol. The maximum Gasteiger partial charge on any atom is 0.255 e. The number of likely N-dealkylation sites (N-methyl/N-ethyl adjacent to an activating group) is 1. The molecule has 6 N–H and O–H groups in total. The summed E-state index contributed by atoms with van der Waals surface area (Å²) in [4.78, 5) is 56.1. The Morgan fingerprint density at radius 2 is 1.71 bits per heavy atom. The second kappa shape index (κ2) is 9.81. The number of fused-ring (bicyclic) bond motifs is 3. The third-order valence-electron chi connectivity index (χ3n) is 9.16. The van der Waals surface area contributed by atoms with Crippen LogP contribution in [0.4, 0.5) is 0 Å². The number of phenols is 1. The van der Waals surface area contributed by atoms with Crippen molar-refractivity contribution >= 4 is 23.4 Å². The van der Waals surface area contributed by atoms with E-state index in [9.17, 15) is 39.6 Å². The molecule has 1 heterocycles. The normalized spacial score (nSPS) is 26.1.